The molecule has 0 fully saturated rings. The highest BCUT2D eigenvalue weighted by atomic mass is 16.5. The van der Waals surface area contributed by atoms with Gasteiger partial charge in [-0.15, -0.1) is 12.3 Å². The van der Waals surface area contributed by atoms with Gasteiger partial charge in [-0.05, 0) is 39.9 Å². The molecule has 0 bridgehead atoms. The molecule has 0 unspecified atom stereocenters. The molecule has 6 heteroatoms. The van der Waals surface area contributed by atoms with Gasteiger partial charge in [0.25, 0.3) is 0 Å². The van der Waals surface area contributed by atoms with Crippen molar-refractivity contribution in [3.8, 4) is 29.2 Å². The Hall–Kier alpha value is -4.24. The summed E-state index contributed by atoms with van der Waals surface area (Å²) in [5.74, 6) is 1.92. The number of alkyl carbamates (subject to hydrolysis) is 1. The number of ether oxygens (including phenoxy) is 2. The Morgan fingerprint density at radius 2 is 1.59 bits per heavy atom. The highest BCUT2D eigenvalue weighted by Crippen LogP contribution is 2.44. The van der Waals surface area contributed by atoms with Crippen molar-refractivity contribution in [1.82, 2.24) is 5.32 Å². The number of carboxylic acid groups (broad SMARTS) is 1. The first-order valence-electron chi connectivity index (χ1n) is 11.1. The Balaban J connectivity index is 1.36. The summed E-state index contributed by atoms with van der Waals surface area (Å²) in [6.07, 6.45) is 5.07. The maximum absolute atomic E-state index is 12.5. The fraction of sp³-hybridized carbons (Fsp3) is 0.214. The predicted octanol–water partition coefficient (Wildman–Crippen LogP) is 4.62. The van der Waals surface area contributed by atoms with E-state index in [2.05, 4.69) is 23.4 Å². The van der Waals surface area contributed by atoms with Crippen molar-refractivity contribution < 1.29 is 24.2 Å². The van der Waals surface area contributed by atoms with E-state index in [0.29, 0.717) is 18.8 Å². The summed E-state index contributed by atoms with van der Waals surface area (Å²) in [5, 5.41) is 12.1. The number of amides is 1. The molecule has 3 aromatic rings. The van der Waals surface area contributed by atoms with Gasteiger partial charge < -0.3 is 19.9 Å². The van der Waals surface area contributed by atoms with E-state index in [1.165, 1.54) is 0 Å². The van der Waals surface area contributed by atoms with Crippen LogP contribution in [0.5, 0.6) is 5.75 Å². The van der Waals surface area contributed by atoms with Gasteiger partial charge in [0, 0.05) is 18.8 Å². The van der Waals surface area contributed by atoms with E-state index >= 15 is 0 Å². The van der Waals surface area contributed by atoms with Gasteiger partial charge in [-0.1, -0.05) is 60.7 Å². The number of nitrogens with one attached hydrogen (secondary N) is 1. The number of carbonyl (C=O) groups excluding carboxylic acids is 1. The Labute approximate surface area is 198 Å². The number of benzene rings is 3. The quantitative estimate of drug-likeness (QED) is 0.363. The van der Waals surface area contributed by atoms with Crippen molar-refractivity contribution in [2.75, 3.05) is 13.2 Å². The van der Waals surface area contributed by atoms with Crippen LogP contribution in [0.15, 0.2) is 72.8 Å². The van der Waals surface area contributed by atoms with Crippen molar-refractivity contribution in [3.05, 3.63) is 89.5 Å². The van der Waals surface area contributed by atoms with Crippen LogP contribution in [0, 0.1) is 12.3 Å². The van der Waals surface area contributed by atoms with Crippen molar-refractivity contribution >= 4 is 12.1 Å². The van der Waals surface area contributed by atoms with E-state index in [9.17, 15) is 14.7 Å². The van der Waals surface area contributed by atoms with Crippen molar-refractivity contribution in [1.29, 1.82) is 0 Å². The fourth-order valence-corrected chi connectivity index (χ4v) is 4.17. The zero-order valence-electron chi connectivity index (χ0n) is 18.6. The molecule has 0 heterocycles. The maximum Gasteiger partial charge on any atom is 0.407 e. The number of carbonyl (C=O) groups is 2. The molecule has 6 nitrogen and oxygen atoms in total. The lowest BCUT2D eigenvalue weighted by Gasteiger charge is -2.17. The second-order valence-electron chi connectivity index (χ2n) is 8.01. The Kier molecular flexibility index (Phi) is 7.14. The van der Waals surface area contributed by atoms with Crippen LogP contribution in [0.2, 0.25) is 0 Å². The summed E-state index contributed by atoms with van der Waals surface area (Å²) in [6.45, 7) is 0.535. The summed E-state index contributed by atoms with van der Waals surface area (Å²) in [6, 6.07) is 22.0. The largest absolute Gasteiger partial charge is 0.493 e. The summed E-state index contributed by atoms with van der Waals surface area (Å²) >= 11 is 0. The minimum atomic E-state index is -1.14. The van der Waals surface area contributed by atoms with Crippen LogP contribution >= 0.6 is 0 Å². The van der Waals surface area contributed by atoms with E-state index in [1.54, 1.807) is 24.3 Å². The SMILES string of the molecule is C#CCCOc1ccc(C[C@H](NC(=O)OCC2c3ccccc3-c3ccccc32)C(=O)O)cc1. The molecule has 0 aromatic heterocycles. The molecule has 2 N–H and O–H groups in total. The number of rotatable bonds is 9. The van der Waals surface area contributed by atoms with Crippen LogP contribution in [0.1, 0.15) is 29.0 Å². The lowest BCUT2D eigenvalue weighted by atomic mass is 9.98. The maximum atomic E-state index is 12.5. The van der Waals surface area contributed by atoms with Gasteiger partial charge in [0.1, 0.15) is 18.4 Å². The molecule has 0 saturated heterocycles. The van der Waals surface area contributed by atoms with E-state index in [4.69, 9.17) is 15.9 Å². The molecule has 172 valence electrons. The number of fused-ring (bicyclic) bond motifs is 3. The highest BCUT2D eigenvalue weighted by molar-refractivity contribution is 5.81. The van der Waals surface area contributed by atoms with Crippen molar-refractivity contribution in [2.24, 2.45) is 0 Å². The van der Waals surface area contributed by atoms with Gasteiger partial charge in [0.05, 0.1) is 6.61 Å². The van der Waals surface area contributed by atoms with Crippen LogP contribution in [-0.2, 0) is 16.0 Å². The van der Waals surface area contributed by atoms with E-state index in [-0.39, 0.29) is 18.9 Å². The molecule has 0 radical (unpaired) electrons. The second-order valence-corrected chi connectivity index (χ2v) is 8.01. The number of hydrogen-bond donors (Lipinski definition) is 2. The minimum absolute atomic E-state index is 0.0940. The molecule has 3 aromatic carbocycles. The average molecular weight is 456 g/mol. The average Bonchev–Trinajstić information content (AvgIpc) is 3.17. The van der Waals surface area contributed by atoms with Crippen molar-refractivity contribution in [3.63, 3.8) is 0 Å². The predicted molar refractivity (Wildman–Crippen MR) is 129 cm³/mol. The third-order valence-electron chi connectivity index (χ3n) is 5.81. The zero-order valence-corrected chi connectivity index (χ0v) is 18.6. The number of terminal acetylenes is 1. The lowest BCUT2D eigenvalue weighted by Crippen LogP contribution is -2.42. The molecule has 4 rings (SSSR count). The third kappa shape index (κ3) is 5.21. The Morgan fingerprint density at radius 3 is 2.18 bits per heavy atom. The van der Waals surface area contributed by atoms with Crippen LogP contribution in [-0.4, -0.2) is 36.4 Å². The highest BCUT2D eigenvalue weighted by Gasteiger charge is 2.29. The second kappa shape index (κ2) is 10.6. The molecule has 1 aliphatic carbocycles. The van der Waals surface area contributed by atoms with E-state index in [0.717, 1.165) is 27.8 Å². The van der Waals surface area contributed by atoms with Gasteiger partial charge in [-0.3, -0.25) is 0 Å². The van der Waals surface area contributed by atoms with Gasteiger partial charge in [-0.2, -0.15) is 0 Å². The molecule has 1 atom stereocenters. The summed E-state index contributed by atoms with van der Waals surface area (Å²) in [7, 11) is 0. The van der Waals surface area contributed by atoms with E-state index < -0.39 is 18.1 Å². The Morgan fingerprint density at radius 1 is 0.971 bits per heavy atom. The first-order valence-corrected chi connectivity index (χ1v) is 11.1. The molecule has 34 heavy (non-hydrogen) atoms. The van der Waals surface area contributed by atoms with Gasteiger partial charge in [-0.25, -0.2) is 9.59 Å². The molecular formula is C28H25NO5. The number of aliphatic carboxylic acids is 1. The minimum Gasteiger partial charge on any atom is -0.493 e. The van der Waals surface area contributed by atoms with Crippen molar-refractivity contribution in [2.45, 2.75) is 24.8 Å². The van der Waals surface area contributed by atoms with E-state index in [1.807, 2.05) is 36.4 Å². The zero-order chi connectivity index (χ0) is 23.9. The number of hydrogen-bond acceptors (Lipinski definition) is 4. The van der Waals surface area contributed by atoms with Gasteiger partial charge in [0.15, 0.2) is 0 Å². The summed E-state index contributed by atoms with van der Waals surface area (Å²) in [5.41, 5.74) is 5.19. The lowest BCUT2D eigenvalue weighted by molar-refractivity contribution is -0.139. The summed E-state index contributed by atoms with van der Waals surface area (Å²) < 4.78 is 11.0. The van der Waals surface area contributed by atoms with Crippen LogP contribution in [0.3, 0.4) is 0 Å². The molecule has 0 saturated carbocycles. The molecular weight excluding hydrogens is 430 g/mol. The monoisotopic (exact) mass is 455 g/mol. The smallest absolute Gasteiger partial charge is 0.407 e. The van der Waals surface area contributed by atoms with Gasteiger partial charge >= 0.3 is 12.1 Å². The topological polar surface area (TPSA) is 84.9 Å². The Bertz CT molecular complexity index is 1170. The molecule has 0 spiro atoms. The van der Waals surface area contributed by atoms with Crippen LogP contribution in [0.25, 0.3) is 11.1 Å². The first kappa shape index (κ1) is 22.9. The van der Waals surface area contributed by atoms with Crippen LogP contribution < -0.4 is 10.1 Å². The normalized spacial score (nSPS) is 12.7. The molecule has 1 aliphatic rings. The number of carboxylic acids is 1. The molecule has 0 aliphatic heterocycles. The fourth-order valence-electron chi connectivity index (χ4n) is 4.17. The summed E-state index contributed by atoms with van der Waals surface area (Å²) in [4.78, 5) is 24.3. The molecule has 1 amide bonds. The third-order valence-corrected chi connectivity index (χ3v) is 5.81. The standard InChI is InChI=1S/C28H25NO5/c1-2-3-16-33-20-14-12-19(13-15-20)17-26(27(30)31)29-28(32)34-18-25-23-10-6-4-8-21(23)22-9-5-7-11-24(22)25/h1,4-15,25-26H,3,16-18H2,(H,29,32)(H,30,31)/t26-/m0/s1. The van der Waals surface area contributed by atoms with Gasteiger partial charge in [0.2, 0.25) is 0 Å². The van der Waals surface area contributed by atoms with Crippen LogP contribution in [0.4, 0.5) is 4.79 Å². The first-order chi connectivity index (χ1) is 16.6.